The SMILES string of the molecule is NC(Cc1cn(Cc2cccc(C(=O)Nc3ccc(N4CCCCC4)cc3C(=O)N/N=C\c3ccc(Cl)c(C(F)(F)F)c3)c2)nn1)C(=O)O. The number of nitrogens with zero attached hydrogens (tertiary/aromatic N) is 5. The van der Waals surface area contributed by atoms with Crippen molar-refractivity contribution in [2.75, 3.05) is 23.3 Å². The van der Waals surface area contributed by atoms with Gasteiger partial charge in [0.05, 0.1) is 40.3 Å². The minimum atomic E-state index is -4.66. The number of alkyl halides is 3. The third-order valence-corrected chi connectivity index (χ3v) is 8.09. The number of aliphatic carboxylic acids is 1. The number of halogens is 4. The van der Waals surface area contributed by atoms with Gasteiger partial charge in [-0.15, -0.1) is 5.10 Å². The molecule has 0 saturated carbocycles. The number of amides is 2. The van der Waals surface area contributed by atoms with Crippen LogP contribution in [0.4, 0.5) is 24.5 Å². The largest absolute Gasteiger partial charge is 0.480 e. The van der Waals surface area contributed by atoms with Crippen LogP contribution in [0, 0.1) is 0 Å². The molecule has 16 heteroatoms. The molecule has 4 aromatic rings. The number of carboxylic acids is 1. The molecule has 5 rings (SSSR count). The van der Waals surface area contributed by atoms with Crippen LogP contribution in [0.1, 0.15) is 62.4 Å². The van der Waals surface area contributed by atoms with Crippen molar-refractivity contribution in [3.8, 4) is 0 Å². The lowest BCUT2D eigenvalue weighted by Crippen LogP contribution is -2.32. The van der Waals surface area contributed by atoms with Gasteiger partial charge in [-0.25, -0.2) is 10.1 Å². The van der Waals surface area contributed by atoms with E-state index >= 15 is 0 Å². The van der Waals surface area contributed by atoms with Gasteiger partial charge in [0.2, 0.25) is 0 Å². The summed E-state index contributed by atoms with van der Waals surface area (Å²) in [7, 11) is 0. The van der Waals surface area contributed by atoms with Crippen molar-refractivity contribution in [3.05, 3.63) is 105 Å². The van der Waals surface area contributed by atoms with E-state index in [2.05, 4.69) is 31.1 Å². The van der Waals surface area contributed by atoms with E-state index in [1.165, 1.54) is 10.7 Å². The Hall–Kier alpha value is -5.28. The van der Waals surface area contributed by atoms with Gasteiger partial charge in [-0.2, -0.15) is 18.3 Å². The Morgan fingerprint density at radius 1 is 1.04 bits per heavy atom. The maximum Gasteiger partial charge on any atom is 0.417 e. The number of hydrogen-bond acceptors (Lipinski definition) is 8. The maximum atomic E-state index is 13.4. The Kier molecular flexibility index (Phi) is 10.9. The summed E-state index contributed by atoms with van der Waals surface area (Å²) in [5.41, 5.74) is 9.45. The normalized spacial score (nSPS) is 14.1. The van der Waals surface area contributed by atoms with Gasteiger partial charge < -0.3 is 21.1 Å². The van der Waals surface area contributed by atoms with Crippen molar-refractivity contribution in [2.24, 2.45) is 10.8 Å². The molecule has 1 aromatic heterocycles. The van der Waals surface area contributed by atoms with Crippen LogP contribution in [0.3, 0.4) is 0 Å². The molecule has 0 bridgehead atoms. The summed E-state index contributed by atoms with van der Waals surface area (Å²) < 4.78 is 41.3. The first-order chi connectivity index (χ1) is 23.4. The summed E-state index contributed by atoms with van der Waals surface area (Å²) in [5.74, 6) is -2.34. The number of piperidine rings is 1. The van der Waals surface area contributed by atoms with Crippen molar-refractivity contribution < 1.29 is 32.7 Å². The lowest BCUT2D eigenvalue weighted by Gasteiger charge is -2.29. The average Bonchev–Trinajstić information content (AvgIpc) is 3.51. The molecule has 2 heterocycles. The van der Waals surface area contributed by atoms with E-state index in [-0.39, 0.29) is 29.8 Å². The Balaban J connectivity index is 1.33. The van der Waals surface area contributed by atoms with E-state index in [0.717, 1.165) is 56.4 Å². The monoisotopic (exact) mass is 696 g/mol. The minimum Gasteiger partial charge on any atom is -0.480 e. The second-order valence-electron chi connectivity index (χ2n) is 11.4. The van der Waals surface area contributed by atoms with Crippen molar-refractivity contribution in [1.29, 1.82) is 0 Å². The number of carbonyl (C=O) groups is 3. The second kappa shape index (κ2) is 15.3. The molecule has 0 radical (unpaired) electrons. The summed E-state index contributed by atoms with van der Waals surface area (Å²) in [5, 5.41) is 23.2. The summed E-state index contributed by atoms with van der Waals surface area (Å²) in [6, 6.07) is 13.9. The fourth-order valence-corrected chi connectivity index (χ4v) is 5.48. The van der Waals surface area contributed by atoms with E-state index in [4.69, 9.17) is 22.4 Å². The zero-order valence-electron chi connectivity index (χ0n) is 26.0. The van der Waals surface area contributed by atoms with Crippen molar-refractivity contribution in [1.82, 2.24) is 20.4 Å². The zero-order valence-corrected chi connectivity index (χ0v) is 26.7. The van der Waals surface area contributed by atoms with E-state index in [1.807, 2.05) is 6.07 Å². The molecule has 5 N–H and O–H groups in total. The Bertz CT molecular complexity index is 1870. The van der Waals surface area contributed by atoms with Crippen LogP contribution in [0.15, 0.2) is 72.0 Å². The second-order valence-corrected chi connectivity index (χ2v) is 11.8. The van der Waals surface area contributed by atoms with Crippen molar-refractivity contribution in [3.63, 3.8) is 0 Å². The van der Waals surface area contributed by atoms with Crippen LogP contribution >= 0.6 is 11.6 Å². The number of rotatable bonds is 11. The highest BCUT2D eigenvalue weighted by Crippen LogP contribution is 2.35. The molecular formula is C33H32ClF3N8O4. The van der Waals surface area contributed by atoms with Gasteiger partial charge in [0.25, 0.3) is 11.8 Å². The number of anilines is 2. The van der Waals surface area contributed by atoms with E-state index in [1.54, 1.807) is 42.6 Å². The van der Waals surface area contributed by atoms with Gasteiger partial charge in [0, 0.05) is 37.0 Å². The summed E-state index contributed by atoms with van der Waals surface area (Å²) in [6.07, 6.45) is 1.08. The molecule has 1 unspecified atom stereocenters. The molecule has 1 atom stereocenters. The summed E-state index contributed by atoms with van der Waals surface area (Å²) in [4.78, 5) is 40.0. The van der Waals surface area contributed by atoms with E-state index in [0.29, 0.717) is 16.8 Å². The van der Waals surface area contributed by atoms with E-state index in [9.17, 15) is 27.6 Å². The number of benzene rings is 3. The summed E-state index contributed by atoms with van der Waals surface area (Å²) in [6.45, 7) is 1.84. The number of nitrogens with two attached hydrogens (primary N) is 1. The smallest absolute Gasteiger partial charge is 0.417 e. The first-order valence-electron chi connectivity index (χ1n) is 15.2. The Labute approximate surface area is 283 Å². The van der Waals surface area contributed by atoms with Gasteiger partial charge in [-0.1, -0.05) is 35.0 Å². The molecule has 1 saturated heterocycles. The van der Waals surface area contributed by atoms with Gasteiger partial charge in [0.15, 0.2) is 0 Å². The lowest BCUT2D eigenvalue weighted by molar-refractivity contribution is -0.139. The molecular weight excluding hydrogens is 665 g/mol. The van der Waals surface area contributed by atoms with Crippen LogP contribution in [0.5, 0.6) is 0 Å². The summed E-state index contributed by atoms with van der Waals surface area (Å²) >= 11 is 5.70. The first-order valence-corrected chi connectivity index (χ1v) is 15.6. The number of carbonyl (C=O) groups excluding carboxylic acids is 2. The molecule has 3 aromatic carbocycles. The number of nitrogens with one attached hydrogen (secondary N) is 2. The fourth-order valence-electron chi connectivity index (χ4n) is 5.26. The molecule has 1 fully saturated rings. The van der Waals surface area contributed by atoms with Gasteiger partial charge >= 0.3 is 12.1 Å². The minimum absolute atomic E-state index is 0.00959. The fraction of sp³-hybridized carbons (Fsp3) is 0.273. The highest BCUT2D eigenvalue weighted by atomic mass is 35.5. The van der Waals surface area contributed by atoms with Crippen LogP contribution in [0.25, 0.3) is 0 Å². The number of hydrazone groups is 1. The lowest BCUT2D eigenvalue weighted by atomic mass is 10.1. The standard InChI is InChI=1S/C33H32ClF3N8O4/c34-27-9-7-20(14-26(27)33(35,36)37)17-39-42-31(47)25-16-24(44-11-2-1-3-12-44)8-10-29(25)40-30(46)22-6-4-5-21(13-22)18-45-19-23(41-43-45)15-28(38)32(48)49/h4-10,13-14,16-17,19,28H,1-3,11-12,15,18,38H2,(H,40,46)(H,42,47)(H,48,49)/b39-17-. The third kappa shape index (κ3) is 9.21. The Morgan fingerprint density at radius 2 is 1.82 bits per heavy atom. The van der Waals surface area contributed by atoms with Crippen LogP contribution in [-0.4, -0.2) is 63.2 Å². The van der Waals surface area contributed by atoms with Crippen LogP contribution in [-0.2, 0) is 23.9 Å². The quantitative estimate of drug-likeness (QED) is 0.126. The van der Waals surface area contributed by atoms with Gasteiger partial charge in [-0.3, -0.25) is 14.4 Å². The topological polar surface area (TPSA) is 168 Å². The molecule has 1 aliphatic rings. The molecule has 0 aliphatic carbocycles. The molecule has 12 nitrogen and oxygen atoms in total. The third-order valence-electron chi connectivity index (χ3n) is 7.76. The molecule has 0 spiro atoms. The van der Waals surface area contributed by atoms with Crippen LogP contribution < -0.4 is 21.4 Å². The van der Waals surface area contributed by atoms with Crippen molar-refractivity contribution >= 4 is 47.0 Å². The number of carboxylic acid groups (broad SMARTS) is 1. The average molecular weight is 697 g/mol. The molecule has 2 amide bonds. The van der Waals surface area contributed by atoms with Crippen LogP contribution in [0.2, 0.25) is 5.02 Å². The predicted octanol–water partition coefficient (Wildman–Crippen LogP) is 4.96. The maximum absolute atomic E-state index is 13.4. The molecule has 1 aliphatic heterocycles. The highest BCUT2D eigenvalue weighted by Gasteiger charge is 2.33. The molecule has 256 valence electrons. The predicted molar refractivity (Wildman–Crippen MR) is 177 cm³/mol. The van der Waals surface area contributed by atoms with Gasteiger partial charge in [0.1, 0.15) is 6.04 Å². The first kappa shape index (κ1) is 35.0. The number of hydrogen-bond donors (Lipinski definition) is 4. The van der Waals surface area contributed by atoms with E-state index < -0.39 is 40.6 Å². The Morgan fingerprint density at radius 3 is 2.55 bits per heavy atom. The van der Waals surface area contributed by atoms with Crippen molar-refractivity contribution in [2.45, 2.75) is 44.4 Å². The number of aromatic nitrogens is 3. The highest BCUT2D eigenvalue weighted by molar-refractivity contribution is 6.31. The molecule has 49 heavy (non-hydrogen) atoms. The van der Waals surface area contributed by atoms with Gasteiger partial charge in [-0.05, 0) is 72.9 Å². The zero-order chi connectivity index (χ0) is 35.1.